The van der Waals surface area contributed by atoms with Gasteiger partial charge in [-0.2, -0.15) is 9.10 Å². The van der Waals surface area contributed by atoms with Crippen LogP contribution in [0.1, 0.15) is 5.56 Å². The number of piperazine rings is 1. The van der Waals surface area contributed by atoms with Crippen LogP contribution in [0.25, 0.3) is 16.8 Å². The molecule has 0 radical (unpaired) electrons. The van der Waals surface area contributed by atoms with Crippen LogP contribution in [0.5, 0.6) is 0 Å². The zero-order valence-electron chi connectivity index (χ0n) is 16.0. The van der Waals surface area contributed by atoms with Gasteiger partial charge in [0.1, 0.15) is 6.54 Å². The number of aromatic nitrogens is 4. The van der Waals surface area contributed by atoms with E-state index < -0.39 is 10.0 Å². The highest BCUT2D eigenvalue weighted by Crippen LogP contribution is 2.19. The first kappa shape index (κ1) is 20.4. The number of benzene rings is 1. The third-order valence-corrected chi connectivity index (χ3v) is 7.09. The lowest BCUT2D eigenvalue weighted by Crippen LogP contribution is -2.50. The van der Waals surface area contributed by atoms with Gasteiger partial charge in [0.25, 0.3) is 0 Å². The monoisotopic (exact) mass is 444 g/mol. The van der Waals surface area contributed by atoms with Gasteiger partial charge in [-0.1, -0.05) is 36.4 Å². The number of thiophene rings is 1. The Hall–Kier alpha value is -2.89. The summed E-state index contributed by atoms with van der Waals surface area (Å²) < 4.78 is 26.5. The fourth-order valence-electron chi connectivity index (χ4n) is 3.04. The molecule has 4 rings (SSSR count). The van der Waals surface area contributed by atoms with Gasteiger partial charge < -0.3 is 4.90 Å². The Bertz CT molecular complexity index is 1120. The first-order valence-corrected chi connectivity index (χ1v) is 11.7. The molecular formula is C19H20N6O3S2. The molecule has 1 fully saturated rings. The molecule has 0 atom stereocenters. The Labute approximate surface area is 178 Å². The Balaban J connectivity index is 1.31. The topological polar surface area (TPSA) is 101 Å². The van der Waals surface area contributed by atoms with E-state index in [0.29, 0.717) is 18.9 Å². The summed E-state index contributed by atoms with van der Waals surface area (Å²) in [5, 5.41) is 15.3. The minimum absolute atomic E-state index is 0.0287. The highest BCUT2D eigenvalue weighted by molar-refractivity contribution is 7.92. The highest BCUT2D eigenvalue weighted by atomic mass is 32.2. The summed E-state index contributed by atoms with van der Waals surface area (Å²) in [5.41, 5.74) is 0.817. The molecule has 0 aliphatic carbocycles. The van der Waals surface area contributed by atoms with Crippen molar-refractivity contribution in [3.8, 4) is 10.7 Å². The van der Waals surface area contributed by atoms with Gasteiger partial charge in [-0.05, 0) is 28.3 Å². The van der Waals surface area contributed by atoms with Gasteiger partial charge in [0.15, 0.2) is 0 Å². The van der Waals surface area contributed by atoms with Crippen molar-refractivity contribution in [2.45, 2.75) is 6.54 Å². The average molecular weight is 445 g/mol. The molecule has 2 aromatic heterocycles. The summed E-state index contributed by atoms with van der Waals surface area (Å²) in [6.07, 6.45) is 1.58. The first-order chi connectivity index (χ1) is 14.5. The smallest absolute Gasteiger partial charge is 0.246 e. The average Bonchev–Trinajstić information content (AvgIpc) is 3.45. The van der Waals surface area contributed by atoms with Crippen LogP contribution in [0.2, 0.25) is 0 Å². The van der Waals surface area contributed by atoms with Crippen LogP contribution in [0.4, 0.5) is 0 Å². The Kier molecular flexibility index (Phi) is 6.02. The van der Waals surface area contributed by atoms with Gasteiger partial charge in [0.05, 0.1) is 4.88 Å². The molecule has 1 amide bonds. The van der Waals surface area contributed by atoms with Crippen molar-refractivity contribution in [2.75, 3.05) is 26.2 Å². The van der Waals surface area contributed by atoms with E-state index in [0.717, 1.165) is 10.4 Å². The van der Waals surface area contributed by atoms with E-state index in [4.69, 9.17) is 0 Å². The summed E-state index contributed by atoms with van der Waals surface area (Å²) in [5.74, 6) is 0.320. The summed E-state index contributed by atoms with van der Waals surface area (Å²) in [6, 6.07) is 13.0. The molecule has 0 spiro atoms. The maximum Gasteiger partial charge on any atom is 0.246 e. The zero-order valence-corrected chi connectivity index (χ0v) is 17.7. The lowest BCUT2D eigenvalue weighted by atomic mass is 10.2. The lowest BCUT2D eigenvalue weighted by molar-refractivity contribution is -0.133. The van der Waals surface area contributed by atoms with Gasteiger partial charge in [0.2, 0.25) is 21.8 Å². The van der Waals surface area contributed by atoms with Crippen LogP contribution in [0.3, 0.4) is 0 Å². The van der Waals surface area contributed by atoms with Crippen LogP contribution in [-0.4, -0.2) is 69.9 Å². The van der Waals surface area contributed by atoms with Gasteiger partial charge in [-0.25, -0.2) is 8.42 Å². The fourth-order valence-corrected chi connectivity index (χ4v) is 4.86. The van der Waals surface area contributed by atoms with Gasteiger partial charge >= 0.3 is 0 Å². The van der Waals surface area contributed by atoms with Crippen molar-refractivity contribution in [1.82, 2.24) is 29.4 Å². The molecule has 0 saturated carbocycles. The second-order valence-electron chi connectivity index (χ2n) is 6.66. The molecule has 1 aliphatic heterocycles. The van der Waals surface area contributed by atoms with E-state index >= 15 is 0 Å². The van der Waals surface area contributed by atoms with E-state index in [9.17, 15) is 13.2 Å². The van der Waals surface area contributed by atoms with Crippen LogP contribution in [0.15, 0.2) is 53.3 Å². The number of nitrogens with zero attached hydrogens (tertiary/aromatic N) is 6. The number of sulfonamides is 1. The third kappa shape index (κ3) is 4.81. The number of hydrogen-bond donors (Lipinski definition) is 0. The highest BCUT2D eigenvalue weighted by Gasteiger charge is 2.27. The summed E-state index contributed by atoms with van der Waals surface area (Å²) >= 11 is 1.50. The molecule has 9 nitrogen and oxygen atoms in total. The predicted molar refractivity (Wildman–Crippen MR) is 114 cm³/mol. The van der Waals surface area contributed by atoms with E-state index in [2.05, 4.69) is 15.4 Å². The Morgan fingerprint density at radius 3 is 2.53 bits per heavy atom. The standard InChI is InChI=1S/C19H20N6O3S2/c26-18(15-25-21-19(20-22-25)17-7-4-13-29-17)23-9-11-24(12-10-23)30(27,28)14-8-16-5-2-1-3-6-16/h1-8,13-14H,9-12,15H2/b14-8+. The van der Waals surface area contributed by atoms with Crippen molar-refractivity contribution in [3.05, 3.63) is 58.8 Å². The number of tetrazole rings is 1. The predicted octanol–water partition coefficient (Wildman–Crippen LogP) is 1.55. The molecule has 3 heterocycles. The third-order valence-electron chi connectivity index (χ3n) is 4.65. The van der Waals surface area contributed by atoms with E-state index in [1.165, 1.54) is 25.8 Å². The van der Waals surface area contributed by atoms with Gasteiger partial charge in [-0.3, -0.25) is 4.79 Å². The van der Waals surface area contributed by atoms with Crippen LogP contribution >= 0.6 is 11.3 Å². The molecule has 156 valence electrons. The zero-order chi connectivity index (χ0) is 21.0. The molecule has 3 aromatic rings. The molecule has 1 aliphatic rings. The molecular weight excluding hydrogens is 424 g/mol. The van der Waals surface area contributed by atoms with E-state index in [1.807, 2.05) is 47.8 Å². The van der Waals surface area contributed by atoms with Crippen molar-refractivity contribution in [1.29, 1.82) is 0 Å². The summed E-state index contributed by atoms with van der Waals surface area (Å²) in [7, 11) is -3.54. The number of carbonyl (C=O) groups is 1. The largest absolute Gasteiger partial charge is 0.338 e. The lowest BCUT2D eigenvalue weighted by Gasteiger charge is -2.33. The first-order valence-electron chi connectivity index (χ1n) is 9.34. The maximum atomic E-state index is 12.5. The van der Waals surface area contributed by atoms with Crippen LogP contribution in [0, 0.1) is 0 Å². The quantitative estimate of drug-likeness (QED) is 0.572. The number of hydrogen-bond acceptors (Lipinski definition) is 7. The summed E-state index contributed by atoms with van der Waals surface area (Å²) in [4.78, 5) is 16.3. The normalized spacial score (nSPS) is 15.7. The van der Waals surface area contributed by atoms with E-state index in [1.54, 1.807) is 11.0 Å². The Morgan fingerprint density at radius 2 is 1.83 bits per heavy atom. The van der Waals surface area contributed by atoms with Crippen molar-refractivity contribution in [2.24, 2.45) is 0 Å². The number of carbonyl (C=O) groups excluding carboxylic acids is 1. The summed E-state index contributed by atoms with van der Waals surface area (Å²) in [6.45, 7) is 1.11. The second kappa shape index (κ2) is 8.86. The molecule has 11 heteroatoms. The van der Waals surface area contributed by atoms with Gasteiger partial charge in [0, 0.05) is 31.6 Å². The second-order valence-corrected chi connectivity index (χ2v) is 9.43. The van der Waals surface area contributed by atoms with Crippen molar-refractivity contribution >= 4 is 33.3 Å². The fraction of sp³-hybridized carbons (Fsp3) is 0.263. The van der Waals surface area contributed by atoms with Crippen molar-refractivity contribution < 1.29 is 13.2 Å². The SMILES string of the molecule is O=C(Cn1nnc(-c2cccs2)n1)N1CCN(S(=O)(=O)/C=C/c2ccccc2)CC1. The maximum absolute atomic E-state index is 12.5. The van der Waals surface area contributed by atoms with Crippen LogP contribution < -0.4 is 0 Å². The van der Waals surface area contributed by atoms with Crippen molar-refractivity contribution in [3.63, 3.8) is 0 Å². The Morgan fingerprint density at radius 1 is 1.07 bits per heavy atom. The number of amides is 1. The molecule has 30 heavy (non-hydrogen) atoms. The van der Waals surface area contributed by atoms with Gasteiger partial charge in [-0.15, -0.1) is 21.5 Å². The molecule has 0 N–H and O–H groups in total. The molecule has 1 aromatic carbocycles. The molecule has 0 bridgehead atoms. The molecule has 0 unspecified atom stereocenters. The minimum atomic E-state index is -3.54. The van der Waals surface area contributed by atoms with Crippen LogP contribution in [-0.2, 0) is 21.4 Å². The minimum Gasteiger partial charge on any atom is -0.338 e. The molecule has 1 saturated heterocycles. The van der Waals surface area contributed by atoms with E-state index in [-0.39, 0.29) is 25.5 Å². The number of rotatable bonds is 6.